The highest BCUT2D eigenvalue weighted by atomic mass is 16.2. The predicted octanol–water partition coefficient (Wildman–Crippen LogP) is 3.49. The van der Waals surface area contributed by atoms with Gasteiger partial charge in [0.2, 0.25) is 5.91 Å². The molecule has 0 bridgehead atoms. The minimum atomic E-state index is -0.0355. The van der Waals surface area contributed by atoms with Gasteiger partial charge in [0.05, 0.1) is 23.2 Å². The van der Waals surface area contributed by atoms with Gasteiger partial charge in [-0.15, -0.1) is 0 Å². The van der Waals surface area contributed by atoms with Gasteiger partial charge in [0.15, 0.2) is 0 Å². The monoisotopic (exact) mass is 479 g/mol. The Morgan fingerprint density at radius 1 is 1.06 bits per heavy atom. The van der Waals surface area contributed by atoms with E-state index in [9.17, 15) is 9.59 Å². The van der Waals surface area contributed by atoms with Crippen molar-refractivity contribution in [2.24, 2.45) is 0 Å². The van der Waals surface area contributed by atoms with Crippen molar-refractivity contribution < 1.29 is 9.59 Å². The highest BCUT2D eigenvalue weighted by Gasteiger charge is 2.24. The Bertz CT molecular complexity index is 1510. The lowest BCUT2D eigenvalue weighted by Crippen LogP contribution is -2.47. The number of carbonyl (C=O) groups is 2. The van der Waals surface area contributed by atoms with Gasteiger partial charge in [-0.1, -0.05) is 42.5 Å². The first-order chi connectivity index (χ1) is 17.5. The fourth-order valence-corrected chi connectivity index (χ4v) is 5.18. The van der Waals surface area contributed by atoms with Crippen LogP contribution in [0.4, 0.5) is 0 Å². The fraction of sp³-hybridized carbons (Fsp3) is 0.276. The van der Waals surface area contributed by atoms with Crippen molar-refractivity contribution in [2.75, 3.05) is 39.8 Å². The minimum Gasteiger partial charge on any atom is -0.361 e. The van der Waals surface area contributed by atoms with Crippen molar-refractivity contribution >= 4 is 45.6 Å². The van der Waals surface area contributed by atoms with Gasteiger partial charge in [0.25, 0.3) is 5.91 Å². The van der Waals surface area contributed by atoms with E-state index in [2.05, 4.69) is 40.5 Å². The van der Waals surface area contributed by atoms with Crippen molar-refractivity contribution in [1.82, 2.24) is 25.1 Å². The number of rotatable bonds is 4. The largest absolute Gasteiger partial charge is 0.361 e. The summed E-state index contributed by atoms with van der Waals surface area (Å²) in [5.41, 5.74) is 5.49. The van der Waals surface area contributed by atoms with Crippen LogP contribution in [0.25, 0.3) is 33.8 Å². The van der Waals surface area contributed by atoms with Gasteiger partial charge in [0, 0.05) is 61.8 Å². The van der Waals surface area contributed by atoms with E-state index in [-0.39, 0.29) is 11.8 Å². The molecule has 2 N–H and O–H groups in total. The number of nitrogens with one attached hydrogen (secondary N) is 2. The summed E-state index contributed by atoms with van der Waals surface area (Å²) in [4.78, 5) is 37.6. The third-order valence-corrected chi connectivity index (χ3v) is 7.24. The van der Waals surface area contributed by atoms with Gasteiger partial charge in [0.1, 0.15) is 0 Å². The maximum Gasteiger partial charge on any atom is 0.253 e. The molecule has 2 aromatic heterocycles. The van der Waals surface area contributed by atoms with Crippen LogP contribution in [0.3, 0.4) is 0 Å². The molecule has 0 spiro atoms. The molecule has 7 heteroatoms. The molecule has 0 aliphatic carbocycles. The Labute approximate surface area is 209 Å². The van der Waals surface area contributed by atoms with Crippen molar-refractivity contribution in [3.63, 3.8) is 0 Å². The second-order valence-corrected chi connectivity index (χ2v) is 9.73. The van der Waals surface area contributed by atoms with Crippen LogP contribution in [0, 0.1) is 0 Å². The number of hydrogen-bond donors (Lipinski definition) is 2. The van der Waals surface area contributed by atoms with Gasteiger partial charge in [-0.05, 0) is 35.7 Å². The summed E-state index contributed by atoms with van der Waals surface area (Å²) in [6.45, 7) is 4.09. The summed E-state index contributed by atoms with van der Waals surface area (Å²) in [6.07, 6.45) is 7.25. The number of nitrogens with zero attached hydrogens (tertiary/aromatic N) is 3. The molecule has 0 radical (unpaired) electrons. The van der Waals surface area contributed by atoms with Gasteiger partial charge in [-0.2, -0.15) is 0 Å². The number of aromatic nitrogens is 2. The number of carbonyl (C=O) groups excluding carboxylic acids is 2. The molecular weight excluding hydrogens is 450 g/mol. The number of H-pyrrole nitrogens is 1. The van der Waals surface area contributed by atoms with Crippen LogP contribution in [-0.4, -0.2) is 71.4 Å². The van der Waals surface area contributed by atoms with Gasteiger partial charge in [-0.25, -0.2) is 0 Å². The number of fused-ring (bicyclic) bond motifs is 5. The van der Waals surface area contributed by atoms with Gasteiger partial charge < -0.3 is 20.1 Å². The first-order valence-corrected chi connectivity index (χ1v) is 12.5. The normalized spacial score (nSPS) is 16.6. The van der Waals surface area contributed by atoms with E-state index in [0.717, 1.165) is 76.8 Å². The number of benzene rings is 2. The molecule has 0 unspecified atom stereocenters. The van der Waals surface area contributed by atoms with E-state index in [4.69, 9.17) is 4.98 Å². The molecule has 4 aromatic rings. The average molecular weight is 480 g/mol. The first-order valence-electron chi connectivity index (χ1n) is 12.5. The molecular formula is C29H29N5O2. The topological polar surface area (TPSA) is 81.3 Å². The number of aromatic amines is 1. The Kier molecular flexibility index (Phi) is 5.77. The lowest BCUT2D eigenvalue weighted by atomic mass is 10.0. The van der Waals surface area contributed by atoms with Crippen LogP contribution in [-0.2, 0) is 17.6 Å². The summed E-state index contributed by atoms with van der Waals surface area (Å²) >= 11 is 0. The fourth-order valence-electron chi connectivity index (χ4n) is 5.18. The zero-order valence-electron chi connectivity index (χ0n) is 20.4. The highest BCUT2D eigenvalue weighted by Crippen LogP contribution is 2.31. The molecule has 2 aromatic carbocycles. The molecule has 2 amide bonds. The first kappa shape index (κ1) is 22.5. The van der Waals surface area contributed by atoms with Gasteiger partial charge in [-0.3, -0.25) is 14.6 Å². The quantitative estimate of drug-likeness (QED) is 0.470. The summed E-state index contributed by atoms with van der Waals surface area (Å²) < 4.78 is 0. The molecule has 0 atom stereocenters. The molecule has 7 nitrogen and oxygen atoms in total. The second kappa shape index (κ2) is 9.24. The molecule has 182 valence electrons. The average Bonchev–Trinajstić information content (AvgIpc) is 3.28. The summed E-state index contributed by atoms with van der Waals surface area (Å²) in [6, 6.07) is 14.3. The SMILES string of the molecule is CN1CCN(C(=O)Cc2cccc(/C=C/c3cc4c(ccc5c6c(nc54)CCNC6=O)c[nH]3)c2)CC1. The maximum atomic E-state index is 12.7. The van der Waals surface area contributed by atoms with Crippen molar-refractivity contribution in [2.45, 2.75) is 12.8 Å². The predicted molar refractivity (Wildman–Crippen MR) is 143 cm³/mol. The molecule has 1 fully saturated rings. The zero-order chi connectivity index (χ0) is 24.6. The summed E-state index contributed by atoms with van der Waals surface area (Å²) in [7, 11) is 2.09. The van der Waals surface area contributed by atoms with Crippen LogP contribution < -0.4 is 5.32 Å². The summed E-state index contributed by atoms with van der Waals surface area (Å²) in [5.74, 6) is 0.154. The number of piperazine rings is 1. The molecule has 0 saturated carbocycles. The summed E-state index contributed by atoms with van der Waals surface area (Å²) in [5, 5.41) is 5.92. The Morgan fingerprint density at radius 2 is 1.92 bits per heavy atom. The van der Waals surface area contributed by atoms with E-state index in [0.29, 0.717) is 18.5 Å². The lowest BCUT2D eigenvalue weighted by molar-refractivity contribution is -0.132. The van der Waals surface area contributed by atoms with E-state index in [1.165, 1.54) is 0 Å². The second-order valence-electron chi connectivity index (χ2n) is 9.73. The van der Waals surface area contributed by atoms with Crippen molar-refractivity contribution in [3.05, 3.63) is 76.7 Å². The van der Waals surface area contributed by atoms with Crippen LogP contribution >= 0.6 is 0 Å². The minimum absolute atomic E-state index is 0.0355. The Balaban J connectivity index is 1.24. The number of amides is 2. The van der Waals surface area contributed by atoms with E-state index in [1.807, 2.05) is 47.5 Å². The molecule has 2 aliphatic rings. The van der Waals surface area contributed by atoms with Crippen LogP contribution in [0.2, 0.25) is 0 Å². The standard InChI is InChI=1S/C29H29N5O2/c1-33-11-13-34(14-12-33)26(35)16-20-4-2-3-19(15-20)5-7-22-17-24-21(18-31-22)6-8-23-27-25(32-28(23)24)9-10-30-29(27)36/h2-8,15,17-18,31H,9-14,16H2,1H3,(H,30,36)/b7-5+. The Morgan fingerprint density at radius 3 is 2.78 bits per heavy atom. The smallest absolute Gasteiger partial charge is 0.253 e. The van der Waals surface area contributed by atoms with Crippen LogP contribution in [0.15, 0.2) is 48.7 Å². The van der Waals surface area contributed by atoms with E-state index in [1.54, 1.807) is 0 Å². The molecule has 2 aliphatic heterocycles. The van der Waals surface area contributed by atoms with Crippen LogP contribution in [0.5, 0.6) is 0 Å². The molecule has 6 rings (SSSR count). The molecule has 1 saturated heterocycles. The van der Waals surface area contributed by atoms with E-state index < -0.39 is 0 Å². The number of hydrogen-bond acceptors (Lipinski definition) is 4. The van der Waals surface area contributed by atoms with Crippen molar-refractivity contribution in [3.8, 4) is 0 Å². The van der Waals surface area contributed by atoms with Crippen molar-refractivity contribution in [1.29, 1.82) is 0 Å². The lowest BCUT2D eigenvalue weighted by Gasteiger charge is -2.32. The molecule has 36 heavy (non-hydrogen) atoms. The van der Waals surface area contributed by atoms with Gasteiger partial charge >= 0.3 is 0 Å². The Hall–Kier alpha value is -3.97. The highest BCUT2D eigenvalue weighted by molar-refractivity contribution is 6.15. The van der Waals surface area contributed by atoms with Crippen LogP contribution in [0.1, 0.15) is 32.9 Å². The number of pyridine rings is 1. The third-order valence-electron chi connectivity index (χ3n) is 7.24. The van der Waals surface area contributed by atoms with E-state index >= 15 is 0 Å². The zero-order valence-corrected chi connectivity index (χ0v) is 20.4. The third kappa shape index (κ3) is 4.27. The molecule has 4 heterocycles. The number of likely N-dealkylation sites (N-methyl/N-ethyl adjacent to an activating group) is 1. The maximum absolute atomic E-state index is 12.7.